The number of likely N-dealkylation sites (N-methyl/N-ethyl adjacent to an activating group) is 1. The lowest BCUT2D eigenvalue weighted by Gasteiger charge is -2.29. The maximum absolute atomic E-state index is 12.5. The van der Waals surface area contributed by atoms with Gasteiger partial charge in [-0.1, -0.05) is 18.2 Å². The Kier molecular flexibility index (Phi) is 3.91. The number of urea groups is 1. The van der Waals surface area contributed by atoms with E-state index in [1.54, 1.807) is 45.2 Å². The molecule has 114 valence electrons. The second-order valence-corrected chi connectivity index (χ2v) is 6.01. The average molecular weight is 292 g/mol. The van der Waals surface area contributed by atoms with Gasteiger partial charge in [0.25, 0.3) is 0 Å². The fourth-order valence-corrected chi connectivity index (χ4v) is 2.65. The molecule has 1 aromatic rings. The summed E-state index contributed by atoms with van der Waals surface area (Å²) in [6, 6.07) is 6.71. The van der Waals surface area contributed by atoms with Gasteiger partial charge in [0.1, 0.15) is 5.92 Å². The van der Waals surface area contributed by atoms with Crippen molar-refractivity contribution in [1.29, 1.82) is 0 Å². The number of carboxylic acid groups (broad SMARTS) is 1. The molecule has 6 heteroatoms. The fraction of sp³-hybridized carbons (Fsp3) is 0.467. The highest BCUT2D eigenvalue weighted by molar-refractivity contribution is 5.97. The predicted octanol–water partition coefficient (Wildman–Crippen LogP) is 1.50. The van der Waals surface area contributed by atoms with Crippen LogP contribution in [0.3, 0.4) is 0 Å². The summed E-state index contributed by atoms with van der Waals surface area (Å²) in [4.78, 5) is 26.7. The minimum absolute atomic E-state index is 0.115. The third kappa shape index (κ3) is 3.16. The molecule has 21 heavy (non-hydrogen) atoms. The van der Waals surface area contributed by atoms with E-state index >= 15 is 0 Å². The Labute approximate surface area is 123 Å². The number of nitrogens with zero attached hydrogens (tertiary/aromatic N) is 2. The maximum Gasteiger partial charge on any atom is 0.324 e. The molecule has 0 aliphatic carbocycles. The van der Waals surface area contributed by atoms with E-state index in [0.29, 0.717) is 11.3 Å². The number of carbonyl (C=O) groups is 2. The largest absolute Gasteiger partial charge is 0.481 e. The van der Waals surface area contributed by atoms with E-state index in [4.69, 9.17) is 0 Å². The number of fused-ring (bicyclic) bond motifs is 1. The van der Waals surface area contributed by atoms with Crippen molar-refractivity contribution >= 4 is 17.7 Å². The molecule has 0 radical (unpaired) electrons. The van der Waals surface area contributed by atoms with Gasteiger partial charge in [-0.05, 0) is 25.5 Å². The van der Waals surface area contributed by atoms with Gasteiger partial charge in [-0.3, -0.25) is 9.69 Å². The Balaban J connectivity index is 2.26. The zero-order valence-corrected chi connectivity index (χ0v) is 12.4. The smallest absolute Gasteiger partial charge is 0.324 e. The van der Waals surface area contributed by atoms with E-state index < -0.39 is 17.5 Å². The molecule has 0 saturated carbocycles. The quantitative estimate of drug-likeness (QED) is 0.884. The van der Waals surface area contributed by atoms with Gasteiger partial charge in [0.15, 0.2) is 0 Å². The van der Waals surface area contributed by atoms with Gasteiger partial charge in [0.05, 0.1) is 12.1 Å². The molecular weight excluding hydrogens is 272 g/mol. The second kappa shape index (κ2) is 5.37. The highest BCUT2D eigenvalue weighted by Crippen LogP contribution is 2.36. The Bertz CT molecular complexity index is 565. The first-order chi connectivity index (χ1) is 9.70. The molecule has 0 aromatic heterocycles. The topological polar surface area (TPSA) is 81.1 Å². The first-order valence-electron chi connectivity index (χ1n) is 6.77. The Hall–Kier alpha value is -2.08. The summed E-state index contributed by atoms with van der Waals surface area (Å²) >= 11 is 0. The van der Waals surface area contributed by atoms with Crippen molar-refractivity contribution in [2.75, 3.05) is 25.0 Å². The van der Waals surface area contributed by atoms with E-state index in [-0.39, 0.29) is 19.1 Å². The van der Waals surface area contributed by atoms with Gasteiger partial charge >= 0.3 is 12.0 Å². The lowest BCUT2D eigenvalue weighted by Crippen LogP contribution is -2.46. The number of hydrogen-bond acceptors (Lipinski definition) is 3. The summed E-state index contributed by atoms with van der Waals surface area (Å²) in [5.41, 5.74) is 0.267. The van der Waals surface area contributed by atoms with Gasteiger partial charge in [0.2, 0.25) is 0 Å². The summed E-state index contributed by atoms with van der Waals surface area (Å²) in [6.45, 7) is 3.52. The number of aliphatic carboxylic acids is 1. The van der Waals surface area contributed by atoms with Gasteiger partial charge in [-0.25, -0.2) is 4.79 Å². The fourth-order valence-electron chi connectivity index (χ4n) is 2.65. The molecule has 1 aliphatic heterocycles. The summed E-state index contributed by atoms with van der Waals surface area (Å²) in [5.74, 6) is -1.65. The molecule has 1 atom stereocenters. The number of rotatable bonds is 3. The maximum atomic E-state index is 12.5. The normalized spacial score (nSPS) is 17.5. The van der Waals surface area contributed by atoms with Crippen LogP contribution < -0.4 is 4.90 Å². The minimum Gasteiger partial charge on any atom is -0.481 e. The minimum atomic E-state index is -1.00. The van der Waals surface area contributed by atoms with Gasteiger partial charge in [-0.2, -0.15) is 0 Å². The third-order valence-corrected chi connectivity index (χ3v) is 3.45. The van der Waals surface area contributed by atoms with Crippen molar-refractivity contribution in [3.63, 3.8) is 0 Å². The van der Waals surface area contributed by atoms with Crippen LogP contribution in [0.1, 0.15) is 25.3 Å². The highest BCUT2D eigenvalue weighted by atomic mass is 16.4. The Morgan fingerprint density at radius 1 is 1.38 bits per heavy atom. The molecule has 0 spiro atoms. The van der Waals surface area contributed by atoms with E-state index in [9.17, 15) is 19.8 Å². The van der Waals surface area contributed by atoms with Crippen LogP contribution in [0.25, 0.3) is 0 Å². The van der Waals surface area contributed by atoms with Gasteiger partial charge in [-0.15, -0.1) is 0 Å². The Morgan fingerprint density at radius 2 is 2.00 bits per heavy atom. The lowest BCUT2D eigenvalue weighted by molar-refractivity contribution is -0.138. The summed E-state index contributed by atoms with van der Waals surface area (Å²) in [7, 11) is 1.59. The molecule has 6 nitrogen and oxygen atoms in total. The SMILES string of the molecule is CN(CC(C)(C)O)C(=O)N1CC(C(=O)O)c2ccccc21. The molecule has 1 unspecified atom stereocenters. The number of amides is 2. The molecule has 2 amide bonds. The molecule has 0 fully saturated rings. The standard InChI is InChI=1S/C15H20N2O4/c1-15(2,21)9-16(3)14(20)17-8-11(13(18)19)10-6-4-5-7-12(10)17/h4-7,11,21H,8-9H2,1-3H3,(H,18,19). The van der Waals surface area contributed by atoms with E-state index in [1.165, 1.54) is 9.80 Å². The number of carboxylic acids is 1. The zero-order chi connectivity index (χ0) is 15.8. The number of para-hydroxylation sites is 1. The highest BCUT2D eigenvalue weighted by Gasteiger charge is 2.37. The van der Waals surface area contributed by atoms with Crippen molar-refractivity contribution in [2.24, 2.45) is 0 Å². The van der Waals surface area contributed by atoms with E-state index in [0.717, 1.165) is 0 Å². The molecule has 1 heterocycles. The van der Waals surface area contributed by atoms with Crippen LogP contribution in [0.5, 0.6) is 0 Å². The number of carbonyl (C=O) groups excluding carboxylic acids is 1. The number of anilines is 1. The van der Waals surface area contributed by atoms with Crippen molar-refractivity contribution in [3.8, 4) is 0 Å². The van der Waals surface area contributed by atoms with E-state index in [2.05, 4.69) is 0 Å². The molecule has 1 aromatic carbocycles. The van der Waals surface area contributed by atoms with Crippen LogP contribution in [-0.4, -0.2) is 52.9 Å². The van der Waals surface area contributed by atoms with Crippen molar-refractivity contribution in [2.45, 2.75) is 25.4 Å². The predicted molar refractivity (Wildman–Crippen MR) is 78.5 cm³/mol. The number of hydrogen-bond donors (Lipinski definition) is 2. The molecular formula is C15H20N2O4. The molecule has 2 rings (SSSR count). The van der Waals surface area contributed by atoms with Crippen LogP contribution in [0, 0.1) is 0 Å². The summed E-state index contributed by atoms with van der Waals surface area (Å²) < 4.78 is 0. The lowest BCUT2D eigenvalue weighted by atomic mass is 10.0. The molecule has 2 N–H and O–H groups in total. The number of aliphatic hydroxyl groups is 1. The van der Waals surface area contributed by atoms with Crippen molar-refractivity contribution in [3.05, 3.63) is 29.8 Å². The van der Waals surface area contributed by atoms with Crippen LogP contribution in [-0.2, 0) is 4.79 Å². The second-order valence-electron chi connectivity index (χ2n) is 6.01. The summed E-state index contributed by atoms with van der Waals surface area (Å²) in [5, 5.41) is 19.1. The first kappa shape index (κ1) is 15.3. The van der Waals surface area contributed by atoms with Crippen LogP contribution in [0.2, 0.25) is 0 Å². The number of benzene rings is 1. The van der Waals surface area contributed by atoms with Gasteiger partial charge < -0.3 is 15.1 Å². The van der Waals surface area contributed by atoms with E-state index in [1.807, 2.05) is 0 Å². The Morgan fingerprint density at radius 3 is 2.57 bits per heavy atom. The first-order valence-corrected chi connectivity index (χ1v) is 6.77. The molecule has 0 saturated heterocycles. The third-order valence-electron chi connectivity index (χ3n) is 3.45. The molecule has 1 aliphatic rings. The van der Waals surface area contributed by atoms with Crippen molar-refractivity contribution in [1.82, 2.24) is 4.90 Å². The van der Waals surface area contributed by atoms with Gasteiger partial charge in [0, 0.05) is 19.3 Å². The van der Waals surface area contributed by atoms with Crippen LogP contribution in [0.4, 0.5) is 10.5 Å². The molecule has 0 bridgehead atoms. The monoisotopic (exact) mass is 292 g/mol. The van der Waals surface area contributed by atoms with Crippen LogP contribution >= 0.6 is 0 Å². The zero-order valence-electron chi connectivity index (χ0n) is 12.4. The average Bonchev–Trinajstić information content (AvgIpc) is 2.75. The van der Waals surface area contributed by atoms with Crippen LogP contribution in [0.15, 0.2) is 24.3 Å². The summed E-state index contributed by atoms with van der Waals surface area (Å²) in [6.07, 6.45) is 0. The van der Waals surface area contributed by atoms with Crippen molar-refractivity contribution < 1.29 is 19.8 Å².